The molecule has 2 heterocycles. The summed E-state index contributed by atoms with van der Waals surface area (Å²) >= 11 is 18.4. The molecule has 0 spiro atoms. The Morgan fingerprint density at radius 3 is 2.60 bits per heavy atom. The third kappa shape index (κ3) is 5.46. The van der Waals surface area contributed by atoms with Gasteiger partial charge in [0.25, 0.3) is 5.91 Å². The van der Waals surface area contributed by atoms with E-state index in [1.807, 2.05) is 48.5 Å². The summed E-state index contributed by atoms with van der Waals surface area (Å²) in [5.74, 6) is 1.08. The van der Waals surface area contributed by atoms with Crippen molar-refractivity contribution in [2.24, 2.45) is 0 Å². The van der Waals surface area contributed by atoms with Crippen molar-refractivity contribution in [3.05, 3.63) is 111 Å². The summed E-state index contributed by atoms with van der Waals surface area (Å²) in [5.41, 5.74) is 0.815. The molecule has 1 N–H and O–H groups in total. The van der Waals surface area contributed by atoms with Crippen molar-refractivity contribution in [1.29, 1.82) is 0 Å². The van der Waals surface area contributed by atoms with E-state index in [0.29, 0.717) is 28.1 Å². The molecule has 5 rings (SSSR count). The minimum absolute atomic E-state index is 0.119. The first-order valence-corrected chi connectivity index (χ1v) is 11.8. The number of rotatable bonds is 7. The van der Waals surface area contributed by atoms with E-state index in [1.165, 1.54) is 0 Å². The number of furan rings is 1. The zero-order chi connectivity index (χ0) is 24.4. The van der Waals surface area contributed by atoms with Gasteiger partial charge >= 0.3 is 0 Å². The number of nitrogens with zero attached hydrogens (tertiary/aromatic N) is 2. The summed E-state index contributed by atoms with van der Waals surface area (Å²) in [7, 11) is 0. The zero-order valence-electron chi connectivity index (χ0n) is 18.2. The van der Waals surface area contributed by atoms with E-state index in [0.717, 1.165) is 16.3 Å². The van der Waals surface area contributed by atoms with E-state index < -0.39 is 5.91 Å². The normalized spacial score (nSPS) is 11.1. The highest BCUT2D eigenvalue weighted by atomic mass is 35.5. The number of benzene rings is 3. The molecule has 9 heteroatoms. The Morgan fingerprint density at radius 2 is 1.77 bits per heavy atom. The standard InChI is InChI=1S/C26H18Cl3N3O3/c27-19-7-5-18(22(28)12-19)13-32-14-23(29)25(31-32)30-26(33)24-10-9-21(35-24)15-34-20-8-6-16-3-1-2-4-17(16)11-20/h1-12,14H,13,15H2,(H,30,31,33). The molecule has 1 amide bonds. The summed E-state index contributed by atoms with van der Waals surface area (Å²) < 4.78 is 13.1. The van der Waals surface area contributed by atoms with Crippen LogP contribution in [0, 0.1) is 0 Å². The van der Waals surface area contributed by atoms with E-state index in [-0.39, 0.29) is 23.2 Å². The highest BCUT2D eigenvalue weighted by molar-refractivity contribution is 6.35. The fourth-order valence-corrected chi connectivity index (χ4v) is 4.21. The van der Waals surface area contributed by atoms with Crippen LogP contribution in [0.3, 0.4) is 0 Å². The summed E-state index contributed by atoms with van der Waals surface area (Å²) in [6.07, 6.45) is 1.60. The number of carbonyl (C=O) groups excluding carboxylic acids is 1. The molecular weight excluding hydrogens is 509 g/mol. The van der Waals surface area contributed by atoms with E-state index in [2.05, 4.69) is 10.4 Å². The summed E-state index contributed by atoms with van der Waals surface area (Å²) in [6, 6.07) is 22.4. The molecule has 0 atom stereocenters. The Labute approximate surface area is 216 Å². The first-order valence-electron chi connectivity index (χ1n) is 10.6. The van der Waals surface area contributed by atoms with Crippen LogP contribution < -0.4 is 10.1 Å². The van der Waals surface area contributed by atoms with Crippen molar-refractivity contribution in [3.8, 4) is 5.75 Å². The van der Waals surface area contributed by atoms with Gasteiger partial charge in [0.15, 0.2) is 11.6 Å². The molecule has 0 saturated heterocycles. The fraction of sp³-hybridized carbons (Fsp3) is 0.0769. The van der Waals surface area contributed by atoms with Crippen LogP contribution in [0.1, 0.15) is 21.9 Å². The monoisotopic (exact) mass is 525 g/mol. The van der Waals surface area contributed by atoms with Crippen molar-refractivity contribution >= 4 is 57.3 Å². The highest BCUT2D eigenvalue weighted by Gasteiger charge is 2.16. The predicted molar refractivity (Wildman–Crippen MR) is 138 cm³/mol. The lowest BCUT2D eigenvalue weighted by Crippen LogP contribution is -2.12. The maximum absolute atomic E-state index is 12.7. The molecule has 0 bridgehead atoms. The number of nitrogens with one attached hydrogen (secondary N) is 1. The van der Waals surface area contributed by atoms with Gasteiger partial charge in [-0.05, 0) is 52.7 Å². The van der Waals surface area contributed by atoms with Crippen molar-refractivity contribution in [3.63, 3.8) is 0 Å². The number of halogens is 3. The zero-order valence-corrected chi connectivity index (χ0v) is 20.4. The topological polar surface area (TPSA) is 69.3 Å². The van der Waals surface area contributed by atoms with Crippen molar-refractivity contribution < 1.29 is 13.9 Å². The number of aromatic nitrogens is 2. The van der Waals surface area contributed by atoms with Gasteiger partial charge in [0, 0.05) is 16.2 Å². The molecule has 0 aliphatic rings. The van der Waals surface area contributed by atoms with Gasteiger partial charge in [-0.2, -0.15) is 5.10 Å². The summed E-state index contributed by atoms with van der Waals surface area (Å²) in [6.45, 7) is 0.547. The third-order valence-electron chi connectivity index (χ3n) is 5.28. The van der Waals surface area contributed by atoms with Crippen LogP contribution in [-0.4, -0.2) is 15.7 Å². The number of hydrogen-bond donors (Lipinski definition) is 1. The molecule has 2 aromatic heterocycles. The number of anilines is 1. The van der Waals surface area contributed by atoms with Crippen LogP contribution in [0.25, 0.3) is 10.8 Å². The van der Waals surface area contributed by atoms with Crippen LogP contribution in [-0.2, 0) is 13.2 Å². The molecule has 3 aromatic carbocycles. The van der Waals surface area contributed by atoms with E-state index in [1.54, 1.807) is 35.1 Å². The number of fused-ring (bicyclic) bond motifs is 1. The van der Waals surface area contributed by atoms with Crippen molar-refractivity contribution in [2.45, 2.75) is 13.2 Å². The van der Waals surface area contributed by atoms with Crippen LogP contribution in [0.5, 0.6) is 5.75 Å². The van der Waals surface area contributed by atoms with Gasteiger partial charge in [-0.25, -0.2) is 0 Å². The van der Waals surface area contributed by atoms with Crippen LogP contribution >= 0.6 is 34.8 Å². The molecule has 0 fully saturated rings. The lowest BCUT2D eigenvalue weighted by atomic mass is 10.1. The van der Waals surface area contributed by atoms with Gasteiger partial charge < -0.3 is 14.5 Å². The quantitative estimate of drug-likeness (QED) is 0.239. The fourth-order valence-electron chi connectivity index (χ4n) is 3.55. The van der Waals surface area contributed by atoms with Gasteiger partial charge in [-0.3, -0.25) is 9.48 Å². The largest absolute Gasteiger partial charge is 0.486 e. The second-order valence-electron chi connectivity index (χ2n) is 7.78. The molecular formula is C26H18Cl3N3O3. The lowest BCUT2D eigenvalue weighted by molar-refractivity contribution is 0.0992. The maximum Gasteiger partial charge on any atom is 0.292 e. The average molecular weight is 527 g/mol. The Morgan fingerprint density at radius 1 is 0.943 bits per heavy atom. The molecule has 0 aliphatic carbocycles. The average Bonchev–Trinajstić information content (AvgIpc) is 3.46. The van der Waals surface area contributed by atoms with Crippen LogP contribution in [0.4, 0.5) is 5.82 Å². The SMILES string of the molecule is O=C(Nc1nn(Cc2ccc(Cl)cc2Cl)cc1Cl)c1ccc(COc2ccc3ccccc3c2)o1. The highest BCUT2D eigenvalue weighted by Crippen LogP contribution is 2.25. The number of amides is 1. The van der Waals surface area contributed by atoms with Gasteiger partial charge in [0.2, 0.25) is 0 Å². The van der Waals surface area contributed by atoms with Gasteiger partial charge in [-0.1, -0.05) is 71.2 Å². The number of hydrogen-bond acceptors (Lipinski definition) is 4. The predicted octanol–water partition coefficient (Wildman–Crippen LogP) is 7.47. The molecule has 0 aliphatic heterocycles. The van der Waals surface area contributed by atoms with Crippen LogP contribution in [0.15, 0.2) is 83.4 Å². The van der Waals surface area contributed by atoms with Gasteiger partial charge in [0.05, 0.1) is 6.54 Å². The third-order valence-corrected chi connectivity index (χ3v) is 6.15. The molecule has 0 unspecified atom stereocenters. The van der Waals surface area contributed by atoms with Crippen LogP contribution in [0.2, 0.25) is 15.1 Å². The molecule has 35 heavy (non-hydrogen) atoms. The molecule has 6 nitrogen and oxygen atoms in total. The Balaban J connectivity index is 1.21. The van der Waals surface area contributed by atoms with E-state index in [4.69, 9.17) is 44.0 Å². The second kappa shape index (κ2) is 10.0. The second-order valence-corrected chi connectivity index (χ2v) is 9.03. The van der Waals surface area contributed by atoms with E-state index >= 15 is 0 Å². The van der Waals surface area contributed by atoms with Gasteiger partial charge in [0.1, 0.15) is 23.1 Å². The molecule has 176 valence electrons. The molecule has 5 aromatic rings. The first-order chi connectivity index (χ1) is 16.9. The summed E-state index contributed by atoms with van der Waals surface area (Å²) in [5, 5.41) is 10.6. The van der Waals surface area contributed by atoms with Crippen molar-refractivity contribution in [1.82, 2.24) is 9.78 Å². The van der Waals surface area contributed by atoms with Crippen molar-refractivity contribution in [2.75, 3.05) is 5.32 Å². The lowest BCUT2D eigenvalue weighted by Gasteiger charge is -2.06. The first kappa shape index (κ1) is 23.3. The minimum Gasteiger partial charge on any atom is -0.486 e. The minimum atomic E-state index is -0.473. The molecule has 0 radical (unpaired) electrons. The smallest absolute Gasteiger partial charge is 0.292 e. The summed E-state index contributed by atoms with van der Waals surface area (Å²) in [4.78, 5) is 12.7. The Hall–Kier alpha value is -3.45. The number of ether oxygens (including phenoxy) is 1. The Bertz CT molecular complexity index is 1530. The number of carbonyl (C=O) groups is 1. The maximum atomic E-state index is 12.7. The van der Waals surface area contributed by atoms with E-state index in [9.17, 15) is 4.79 Å². The van der Waals surface area contributed by atoms with Gasteiger partial charge in [-0.15, -0.1) is 0 Å². The Kier molecular flexibility index (Phi) is 6.68. The molecule has 0 saturated carbocycles.